The van der Waals surface area contributed by atoms with Gasteiger partial charge in [-0.05, 0) is 37.8 Å². The predicted molar refractivity (Wildman–Crippen MR) is 83.6 cm³/mol. The monoisotopic (exact) mass is 271 g/mol. The van der Waals surface area contributed by atoms with Crippen molar-refractivity contribution in [2.75, 3.05) is 6.54 Å². The fraction of sp³-hybridized carbons (Fsp3) is 0.471. The maximum Gasteiger partial charge on any atom is 0.0946 e. The molecule has 0 amide bonds. The van der Waals surface area contributed by atoms with E-state index in [1.54, 1.807) is 0 Å². The van der Waals surface area contributed by atoms with Gasteiger partial charge in [-0.15, -0.1) is 0 Å². The van der Waals surface area contributed by atoms with Crippen LogP contribution < -0.4 is 5.32 Å². The van der Waals surface area contributed by atoms with Gasteiger partial charge >= 0.3 is 0 Å². The van der Waals surface area contributed by atoms with E-state index in [9.17, 15) is 0 Å². The smallest absolute Gasteiger partial charge is 0.0946 e. The molecule has 0 fully saturated rings. The van der Waals surface area contributed by atoms with Gasteiger partial charge in [0.05, 0.1) is 12.0 Å². The standard InChI is InChI=1S/C17H25N3/c1-3-12-19-16(17-13-18-14-20(17)2)11-7-10-15-8-5-4-6-9-15/h4-6,8-9,13-14,16,19H,3,7,10-12H2,1-2H3. The molecule has 2 rings (SSSR count). The Balaban J connectivity index is 1.89. The van der Waals surface area contributed by atoms with Crippen LogP contribution >= 0.6 is 0 Å². The van der Waals surface area contributed by atoms with Crippen molar-refractivity contribution >= 4 is 0 Å². The van der Waals surface area contributed by atoms with E-state index in [4.69, 9.17) is 0 Å². The van der Waals surface area contributed by atoms with E-state index in [-0.39, 0.29) is 0 Å². The van der Waals surface area contributed by atoms with Gasteiger partial charge in [-0.1, -0.05) is 37.3 Å². The Hall–Kier alpha value is -1.61. The number of nitrogens with one attached hydrogen (secondary N) is 1. The van der Waals surface area contributed by atoms with Crippen LogP contribution in [0.3, 0.4) is 0 Å². The van der Waals surface area contributed by atoms with Gasteiger partial charge in [0.2, 0.25) is 0 Å². The molecule has 108 valence electrons. The molecule has 0 bridgehead atoms. The summed E-state index contributed by atoms with van der Waals surface area (Å²) in [5.41, 5.74) is 2.71. The molecule has 3 nitrogen and oxygen atoms in total. The lowest BCUT2D eigenvalue weighted by atomic mass is 10.0. The molecule has 2 aromatic rings. The van der Waals surface area contributed by atoms with Gasteiger partial charge in [-0.25, -0.2) is 4.98 Å². The lowest BCUT2D eigenvalue weighted by molar-refractivity contribution is 0.464. The van der Waals surface area contributed by atoms with Crippen LogP contribution in [0, 0.1) is 0 Å². The third-order valence-corrected chi connectivity index (χ3v) is 3.65. The maximum atomic E-state index is 4.24. The lowest BCUT2D eigenvalue weighted by Gasteiger charge is -2.19. The SMILES string of the molecule is CCCNC(CCCc1ccccc1)c1cncn1C. The molecule has 1 N–H and O–H groups in total. The second-order valence-electron chi connectivity index (χ2n) is 5.31. The normalized spacial score (nSPS) is 12.5. The first-order valence-electron chi connectivity index (χ1n) is 7.54. The van der Waals surface area contributed by atoms with Gasteiger partial charge in [0.25, 0.3) is 0 Å². The van der Waals surface area contributed by atoms with Crippen LogP contribution in [0.4, 0.5) is 0 Å². The molecule has 1 heterocycles. The van der Waals surface area contributed by atoms with Gasteiger partial charge in [0, 0.05) is 19.3 Å². The van der Waals surface area contributed by atoms with E-state index in [0.29, 0.717) is 6.04 Å². The van der Waals surface area contributed by atoms with Gasteiger partial charge < -0.3 is 9.88 Å². The molecule has 1 aromatic heterocycles. The van der Waals surface area contributed by atoms with Crippen LogP contribution in [0.25, 0.3) is 0 Å². The molecule has 0 radical (unpaired) electrons. The molecule has 1 unspecified atom stereocenters. The highest BCUT2D eigenvalue weighted by Gasteiger charge is 2.13. The van der Waals surface area contributed by atoms with Crippen LogP contribution in [0.5, 0.6) is 0 Å². The minimum absolute atomic E-state index is 0.408. The van der Waals surface area contributed by atoms with Crippen LogP contribution in [-0.4, -0.2) is 16.1 Å². The molecule has 0 aliphatic heterocycles. The van der Waals surface area contributed by atoms with E-state index in [1.807, 2.05) is 12.5 Å². The molecular formula is C17H25N3. The van der Waals surface area contributed by atoms with E-state index in [0.717, 1.165) is 25.8 Å². The molecule has 20 heavy (non-hydrogen) atoms. The summed E-state index contributed by atoms with van der Waals surface area (Å²) in [6.45, 7) is 3.26. The summed E-state index contributed by atoms with van der Waals surface area (Å²) in [4.78, 5) is 4.24. The first kappa shape index (κ1) is 14.8. The van der Waals surface area contributed by atoms with Gasteiger partial charge in [-0.2, -0.15) is 0 Å². The Labute approximate surface area is 122 Å². The molecule has 0 spiro atoms. The molecule has 3 heteroatoms. The summed E-state index contributed by atoms with van der Waals surface area (Å²) >= 11 is 0. The average molecular weight is 271 g/mol. The third kappa shape index (κ3) is 4.20. The quantitative estimate of drug-likeness (QED) is 0.796. The molecule has 1 atom stereocenters. The van der Waals surface area contributed by atoms with Crippen molar-refractivity contribution in [1.29, 1.82) is 0 Å². The fourth-order valence-corrected chi connectivity index (χ4v) is 2.53. The Morgan fingerprint density at radius 1 is 1.25 bits per heavy atom. The highest BCUT2D eigenvalue weighted by molar-refractivity contribution is 5.14. The fourth-order valence-electron chi connectivity index (χ4n) is 2.53. The van der Waals surface area contributed by atoms with Crippen molar-refractivity contribution in [3.63, 3.8) is 0 Å². The summed E-state index contributed by atoms with van der Waals surface area (Å²) in [6, 6.07) is 11.1. The van der Waals surface area contributed by atoms with Crippen molar-refractivity contribution < 1.29 is 0 Å². The van der Waals surface area contributed by atoms with Crippen LogP contribution in [0.2, 0.25) is 0 Å². The number of hydrogen-bond acceptors (Lipinski definition) is 2. The molecular weight excluding hydrogens is 246 g/mol. The minimum Gasteiger partial charge on any atom is -0.336 e. The lowest BCUT2D eigenvalue weighted by Crippen LogP contribution is -2.24. The number of benzene rings is 1. The molecule has 0 saturated carbocycles. The topological polar surface area (TPSA) is 29.9 Å². The Kier molecular flexibility index (Phi) is 5.81. The zero-order valence-electron chi connectivity index (χ0n) is 12.5. The van der Waals surface area contributed by atoms with Crippen LogP contribution in [0.1, 0.15) is 43.5 Å². The molecule has 0 saturated heterocycles. The van der Waals surface area contributed by atoms with Crippen LogP contribution in [-0.2, 0) is 13.5 Å². The molecule has 0 aliphatic carbocycles. The van der Waals surface area contributed by atoms with Gasteiger partial charge in [-0.3, -0.25) is 0 Å². The third-order valence-electron chi connectivity index (χ3n) is 3.65. The zero-order chi connectivity index (χ0) is 14.2. The van der Waals surface area contributed by atoms with Crippen molar-refractivity contribution in [3.8, 4) is 0 Å². The van der Waals surface area contributed by atoms with E-state index in [1.165, 1.54) is 17.7 Å². The summed E-state index contributed by atoms with van der Waals surface area (Å²) in [7, 11) is 2.07. The van der Waals surface area contributed by atoms with Crippen molar-refractivity contribution in [3.05, 3.63) is 54.1 Å². The largest absolute Gasteiger partial charge is 0.336 e. The highest BCUT2D eigenvalue weighted by atomic mass is 15.1. The van der Waals surface area contributed by atoms with Crippen LogP contribution in [0.15, 0.2) is 42.9 Å². The predicted octanol–water partition coefficient (Wildman–Crippen LogP) is 3.48. The van der Waals surface area contributed by atoms with Crippen molar-refractivity contribution in [2.45, 2.75) is 38.6 Å². The van der Waals surface area contributed by atoms with Gasteiger partial charge in [0.1, 0.15) is 0 Å². The minimum atomic E-state index is 0.408. The average Bonchev–Trinajstić information content (AvgIpc) is 2.90. The number of rotatable bonds is 8. The first-order valence-corrected chi connectivity index (χ1v) is 7.54. The summed E-state index contributed by atoms with van der Waals surface area (Å²) in [5, 5.41) is 3.64. The number of nitrogens with zero attached hydrogens (tertiary/aromatic N) is 2. The van der Waals surface area contributed by atoms with Crippen molar-refractivity contribution in [1.82, 2.24) is 14.9 Å². The second-order valence-corrected chi connectivity index (χ2v) is 5.31. The second kappa shape index (κ2) is 7.85. The number of aryl methyl sites for hydroxylation is 2. The molecule has 0 aliphatic rings. The Morgan fingerprint density at radius 2 is 2.05 bits per heavy atom. The first-order chi connectivity index (χ1) is 9.81. The van der Waals surface area contributed by atoms with Gasteiger partial charge in [0.15, 0.2) is 0 Å². The Morgan fingerprint density at radius 3 is 2.70 bits per heavy atom. The number of hydrogen-bond donors (Lipinski definition) is 1. The summed E-state index contributed by atoms with van der Waals surface area (Å²) in [5.74, 6) is 0. The highest BCUT2D eigenvalue weighted by Crippen LogP contribution is 2.19. The number of aromatic nitrogens is 2. The van der Waals surface area contributed by atoms with Crippen molar-refractivity contribution in [2.24, 2.45) is 7.05 Å². The number of imidazole rings is 1. The maximum absolute atomic E-state index is 4.24. The zero-order valence-corrected chi connectivity index (χ0v) is 12.5. The summed E-state index contributed by atoms with van der Waals surface area (Å²) < 4.78 is 2.12. The van der Waals surface area contributed by atoms with E-state index in [2.05, 4.69) is 59.2 Å². The summed E-state index contributed by atoms with van der Waals surface area (Å²) in [6.07, 6.45) is 8.50. The van der Waals surface area contributed by atoms with E-state index >= 15 is 0 Å². The Bertz CT molecular complexity index is 490. The van der Waals surface area contributed by atoms with E-state index < -0.39 is 0 Å². The molecule has 1 aromatic carbocycles.